The van der Waals surface area contributed by atoms with E-state index in [1.165, 1.54) is 18.3 Å². The zero-order chi connectivity index (χ0) is 12.8. The minimum Gasteiger partial charge on any atom is -0.480 e. The third-order valence-corrected chi connectivity index (χ3v) is 2.08. The van der Waals surface area contributed by atoms with Crippen LogP contribution in [-0.2, 0) is 4.79 Å². The van der Waals surface area contributed by atoms with Crippen molar-refractivity contribution in [2.75, 3.05) is 13.1 Å². The van der Waals surface area contributed by atoms with Crippen LogP contribution in [0.15, 0.2) is 18.3 Å². The predicted octanol–water partition coefficient (Wildman–Crippen LogP) is 0.895. The van der Waals surface area contributed by atoms with Crippen molar-refractivity contribution < 1.29 is 14.7 Å². The highest BCUT2D eigenvalue weighted by Gasteiger charge is 2.17. The molecule has 0 aliphatic heterocycles. The number of nitrogens with zero attached hydrogens (tertiary/aromatic N) is 2. The van der Waals surface area contributed by atoms with Gasteiger partial charge in [0.2, 0.25) is 0 Å². The molecular formula is C11H9ClN2O3. The monoisotopic (exact) mass is 252 g/mol. The molecule has 0 bridgehead atoms. The van der Waals surface area contributed by atoms with Crippen LogP contribution < -0.4 is 0 Å². The van der Waals surface area contributed by atoms with Gasteiger partial charge in [-0.1, -0.05) is 17.5 Å². The Kier molecular flexibility index (Phi) is 4.49. The number of carbonyl (C=O) groups is 2. The van der Waals surface area contributed by atoms with E-state index in [0.717, 1.165) is 4.90 Å². The maximum absolute atomic E-state index is 11.9. The van der Waals surface area contributed by atoms with Gasteiger partial charge in [0, 0.05) is 11.8 Å². The summed E-state index contributed by atoms with van der Waals surface area (Å²) in [4.78, 5) is 27.3. The van der Waals surface area contributed by atoms with Crippen LogP contribution in [0, 0.1) is 12.3 Å². The Morgan fingerprint density at radius 2 is 2.29 bits per heavy atom. The van der Waals surface area contributed by atoms with Crippen LogP contribution in [0.5, 0.6) is 0 Å². The second kappa shape index (κ2) is 5.87. The molecule has 0 spiro atoms. The highest BCUT2D eigenvalue weighted by molar-refractivity contribution is 6.29. The van der Waals surface area contributed by atoms with Crippen molar-refractivity contribution in [1.29, 1.82) is 0 Å². The van der Waals surface area contributed by atoms with Crippen LogP contribution in [0.3, 0.4) is 0 Å². The fraction of sp³-hybridized carbons (Fsp3) is 0.182. The van der Waals surface area contributed by atoms with E-state index >= 15 is 0 Å². The minimum atomic E-state index is -1.13. The van der Waals surface area contributed by atoms with Gasteiger partial charge in [0.15, 0.2) is 0 Å². The SMILES string of the molecule is C#CCN(CC(=O)O)C(=O)c1ccnc(Cl)c1. The summed E-state index contributed by atoms with van der Waals surface area (Å²) < 4.78 is 0. The molecule has 1 aromatic heterocycles. The summed E-state index contributed by atoms with van der Waals surface area (Å²) in [5, 5.41) is 8.82. The summed E-state index contributed by atoms with van der Waals surface area (Å²) >= 11 is 5.64. The van der Waals surface area contributed by atoms with E-state index < -0.39 is 18.4 Å². The number of carboxylic acids is 1. The van der Waals surface area contributed by atoms with Crippen LogP contribution >= 0.6 is 11.6 Å². The van der Waals surface area contributed by atoms with E-state index in [0.29, 0.717) is 0 Å². The normalized spacial score (nSPS) is 9.41. The highest BCUT2D eigenvalue weighted by atomic mass is 35.5. The molecule has 1 N–H and O–H groups in total. The van der Waals surface area contributed by atoms with Gasteiger partial charge in [-0.3, -0.25) is 9.59 Å². The fourth-order valence-corrected chi connectivity index (χ4v) is 1.36. The Labute approximate surface area is 103 Å². The van der Waals surface area contributed by atoms with E-state index in [9.17, 15) is 9.59 Å². The number of rotatable bonds is 4. The number of carboxylic acid groups (broad SMARTS) is 1. The number of halogens is 1. The van der Waals surface area contributed by atoms with Gasteiger partial charge >= 0.3 is 5.97 Å². The first kappa shape index (κ1) is 13.0. The summed E-state index contributed by atoms with van der Waals surface area (Å²) in [7, 11) is 0. The number of aromatic nitrogens is 1. The molecule has 0 aliphatic carbocycles. The Bertz CT molecular complexity index is 482. The van der Waals surface area contributed by atoms with Crippen molar-refractivity contribution in [2.45, 2.75) is 0 Å². The standard InChI is InChI=1S/C11H9ClN2O3/c1-2-5-14(7-10(15)16)11(17)8-3-4-13-9(12)6-8/h1,3-4,6H,5,7H2,(H,15,16). The number of hydrogen-bond acceptors (Lipinski definition) is 3. The third kappa shape index (κ3) is 3.78. The molecule has 0 saturated carbocycles. The highest BCUT2D eigenvalue weighted by Crippen LogP contribution is 2.09. The Morgan fingerprint density at radius 1 is 1.59 bits per heavy atom. The second-order valence-corrected chi connectivity index (χ2v) is 3.51. The van der Waals surface area contributed by atoms with Gasteiger partial charge in [-0.25, -0.2) is 4.98 Å². The number of terminal acetylenes is 1. The Hall–Kier alpha value is -2.06. The average Bonchev–Trinajstić information content (AvgIpc) is 2.27. The van der Waals surface area contributed by atoms with Crippen molar-refractivity contribution in [3.05, 3.63) is 29.0 Å². The van der Waals surface area contributed by atoms with Crippen molar-refractivity contribution in [2.24, 2.45) is 0 Å². The molecule has 0 aliphatic rings. The molecule has 0 saturated heterocycles. The topological polar surface area (TPSA) is 70.5 Å². The minimum absolute atomic E-state index is 0.0783. The Balaban J connectivity index is 2.92. The predicted molar refractivity (Wildman–Crippen MR) is 61.6 cm³/mol. The lowest BCUT2D eigenvalue weighted by Crippen LogP contribution is -2.36. The van der Waals surface area contributed by atoms with E-state index in [2.05, 4.69) is 10.9 Å². The van der Waals surface area contributed by atoms with Crippen LogP contribution in [0.25, 0.3) is 0 Å². The van der Waals surface area contributed by atoms with Gasteiger partial charge in [0.25, 0.3) is 5.91 Å². The molecule has 5 nitrogen and oxygen atoms in total. The molecule has 1 aromatic rings. The van der Waals surface area contributed by atoms with Gasteiger partial charge in [-0.05, 0) is 12.1 Å². The molecule has 0 aromatic carbocycles. The Morgan fingerprint density at radius 3 is 2.82 bits per heavy atom. The quantitative estimate of drug-likeness (QED) is 0.638. The lowest BCUT2D eigenvalue weighted by atomic mass is 10.2. The number of aliphatic carboxylic acids is 1. The lowest BCUT2D eigenvalue weighted by Gasteiger charge is -2.17. The molecule has 0 fully saturated rings. The first-order valence-electron chi connectivity index (χ1n) is 4.60. The molecule has 1 rings (SSSR count). The molecule has 1 amide bonds. The zero-order valence-corrected chi connectivity index (χ0v) is 9.52. The summed E-state index contributed by atoms with van der Waals surface area (Å²) in [5.41, 5.74) is 0.251. The number of amides is 1. The molecule has 0 unspecified atom stereocenters. The molecule has 88 valence electrons. The molecule has 0 atom stereocenters. The van der Waals surface area contributed by atoms with Crippen LogP contribution in [-0.4, -0.2) is 40.0 Å². The molecule has 6 heteroatoms. The number of carbonyl (C=O) groups excluding carboxylic acids is 1. The van der Waals surface area contributed by atoms with Crippen molar-refractivity contribution in [3.63, 3.8) is 0 Å². The molecule has 17 heavy (non-hydrogen) atoms. The van der Waals surface area contributed by atoms with Gasteiger partial charge < -0.3 is 10.0 Å². The van der Waals surface area contributed by atoms with Gasteiger partial charge in [0.1, 0.15) is 11.7 Å². The first-order valence-corrected chi connectivity index (χ1v) is 4.98. The van der Waals surface area contributed by atoms with Crippen LogP contribution in [0.4, 0.5) is 0 Å². The number of hydrogen-bond donors (Lipinski definition) is 1. The van der Waals surface area contributed by atoms with Gasteiger partial charge in [-0.2, -0.15) is 0 Å². The maximum atomic E-state index is 11.9. The van der Waals surface area contributed by atoms with Gasteiger partial charge in [-0.15, -0.1) is 6.42 Å². The molecular weight excluding hydrogens is 244 g/mol. The molecule has 0 radical (unpaired) electrons. The third-order valence-electron chi connectivity index (χ3n) is 1.87. The average molecular weight is 253 g/mol. The summed E-state index contributed by atoms with van der Waals surface area (Å²) in [5.74, 6) is 0.610. The maximum Gasteiger partial charge on any atom is 0.323 e. The second-order valence-electron chi connectivity index (χ2n) is 3.13. The largest absolute Gasteiger partial charge is 0.480 e. The van der Waals surface area contributed by atoms with Crippen molar-refractivity contribution >= 4 is 23.5 Å². The van der Waals surface area contributed by atoms with Crippen molar-refractivity contribution in [3.8, 4) is 12.3 Å². The van der Waals surface area contributed by atoms with Crippen LogP contribution in [0.2, 0.25) is 5.15 Å². The zero-order valence-electron chi connectivity index (χ0n) is 8.76. The number of pyridine rings is 1. The smallest absolute Gasteiger partial charge is 0.323 e. The summed E-state index contributed by atoms with van der Waals surface area (Å²) in [6, 6.07) is 2.80. The lowest BCUT2D eigenvalue weighted by molar-refractivity contribution is -0.137. The van der Waals surface area contributed by atoms with Gasteiger partial charge in [0.05, 0.1) is 6.54 Å². The van der Waals surface area contributed by atoms with E-state index in [1.807, 2.05) is 0 Å². The van der Waals surface area contributed by atoms with Crippen molar-refractivity contribution in [1.82, 2.24) is 9.88 Å². The summed E-state index contributed by atoms with van der Waals surface area (Å²) in [6.45, 7) is -0.534. The van der Waals surface area contributed by atoms with Crippen LogP contribution in [0.1, 0.15) is 10.4 Å². The molecule has 1 heterocycles. The first-order chi connectivity index (χ1) is 8.04. The summed E-state index contributed by atoms with van der Waals surface area (Å²) in [6.07, 6.45) is 6.44. The van der Waals surface area contributed by atoms with E-state index in [-0.39, 0.29) is 17.3 Å². The van der Waals surface area contributed by atoms with E-state index in [4.69, 9.17) is 23.1 Å². The fourth-order valence-electron chi connectivity index (χ4n) is 1.19. The van der Waals surface area contributed by atoms with E-state index in [1.54, 1.807) is 0 Å².